The van der Waals surface area contributed by atoms with Crippen molar-refractivity contribution >= 4 is 17.9 Å². The molecule has 0 radical (unpaired) electrons. The Balaban J connectivity index is 1.99. The number of carboxylic acid groups (broad SMARTS) is 1. The summed E-state index contributed by atoms with van der Waals surface area (Å²) in [5.74, 6) is -1.50. The molecular weight excluding hydrogens is 262 g/mol. The molecule has 7 heteroatoms. The minimum Gasteiger partial charge on any atom is -0.481 e. The third kappa shape index (κ3) is 3.49. The highest BCUT2D eigenvalue weighted by Crippen LogP contribution is 2.13. The fraction of sp³-hybridized carbons (Fsp3) is 0.615. The number of rotatable bonds is 3. The Labute approximate surface area is 117 Å². The lowest BCUT2D eigenvalue weighted by Crippen LogP contribution is -2.60. The van der Waals surface area contributed by atoms with Crippen molar-refractivity contribution in [3.05, 3.63) is 12.2 Å². The van der Waals surface area contributed by atoms with E-state index in [1.165, 1.54) is 4.90 Å². The van der Waals surface area contributed by atoms with Gasteiger partial charge in [-0.15, -0.1) is 0 Å². The van der Waals surface area contributed by atoms with Gasteiger partial charge in [-0.25, -0.2) is 4.79 Å². The molecule has 2 unspecified atom stereocenters. The minimum atomic E-state index is -1.09. The minimum absolute atomic E-state index is 0.0583. The van der Waals surface area contributed by atoms with E-state index in [9.17, 15) is 14.4 Å². The summed E-state index contributed by atoms with van der Waals surface area (Å²) in [5, 5.41) is 14.3. The van der Waals surface area contributed by atoms with Crippen LogP contribution in [0, 0.1) is 0 Å². The van der Waals surface area contributed by atoms with Gasteiger partial charge in [0, 0.05) is 19.1 Å². The lowest BCUT2D eigenvalue weighted by atomic mass is 10.0. The van der Waals surface area contributed by atoms with Gasteiger partial charge < -0.3 is 20.6 Å². The molecule has 110 valence electrons. The molecule has 1 aliphatic heterocycles. The zero-order valence-electron chi connectivity index (χ0n) is 11.2. The van der Waals surface area contributed by atoms with E-state index in [-0.39, 0.29) is 18.5 Å². The van der Waals surface area contributed by atoms with Crippen LogP contribution < -0.4 is 10.6 Å². The first-order valence-electron chi connectivity index (χ1n) is 6.79. The van der Waals surface area contributed by atoms with Crippen molar-refractivity contribution in [1.82, 2.24) is 15.5 Å². The molecule has 7 nitrogen and oxygen atoms in total. The summed E-state index contributed by atoms with van der Waals surface area (Å²) < 4.78 is 0. The quantitative estimate of drug-likeness (QED) is 0.638. The Kier molecular flexibility index (Phi) is 4.60. The Hall–Kier alpha value is -2.05. The van der Waals surface area contributed by atoms with Crippen LogP contribution in [0.3, 0.4) is 0 Å². The summed E-state index contributed by atoms with van der Waals surface area (Å²) in [6.07, 6.45) is 6.28. The van der Waals surface area contributed by atoms with Crippen LogP contribution in [0.15, 0.2) is 12.2 Å². The molecular formula is C13H19N3O4. The van der Waals surface area contributed by atoms with Crippen LogP contribution >= 0.6 is 0 Å². The van der Waals surface area contributed by atoms with E-state index in [0.717, 1.165) is 19.3 Å². The predicted molar refractivity (Wildman–Crippen MR) is 71.1 cm³/mol. The Morgan fingerprint density at radius 3 is 2.90 bits per heavy atom. The van der Waals surface area contributed by atoms with Gasteiger partial charge in [-0.3, -0.25) is 9.59 Å². The maximum atomic E-state index is 12.2. The highest BCUT2D eigenvalue weighted by Gasteiger charge is 2.35. The van der Waals surface area contributed by atoms with Crippen LogP contribution in [0.5, 0.6) is 0 Å². The van der Waals surface area contributed by atoms with Crippen molar-refractivity contribution in [1.29, 1.82) is 0 Å². The number of urea groups is 1. The molecule has 0 aromatic rings. The predicted octanol–water partition coefficient (Wildman–Crippen LogP) is 0.0798. The van der Waals surface area contributed by atoms with E-state index in [4.69, 9.17) is 5.11 Å². The molecule has 2 rings (SSSR count). The SMILES string of the molecule is O=C(O)CC1C(=O)NCCN1C(=O)NC1CC=CCC1. The second-order valence-corrected chi connectivity index (χ2v) is 5.03. The largest absolute Gasteiger partial charge is 0.481 e. The summed E-state index contributed by atoms with van der Waals surface area (Å²) in [6.45, 7) is 0.686. The Bertz CT molecular complexity index is 435. The summed E-state index contributed by atoms with van der Waals surface area (Å²) >= 11 is 0. The number of piperazine rings is 1. The molecule has 0 aromatic carbocycles. The first kappa shape index (κ1) is 14.4. The first-order chi connectivity index (χ1) is 9.58. The van der Waals surface area contributed by atoms with Crippen LogP contribution in [0.1, 0.15) is 25.7 Å². The van der Waals surface area contributed by atoms with Gasteiger partial charge in [0.25, 0.3) is 0 Å². The van der Waals surface area contributed by atoms with Crippen molar-refractivity contribution in [2.45, 2.75) is 37.8 Å². The molecule has 20 heavy (non-hydrogen) atoms. The molecule has 1 saturated heterocycles. The summed E-state index contributed by atoms with van der Waals surface area (Å²) in [5.41, 5.74) is 0. The topological polar surface area (TPSA) is 98.7 Å². The standard InChI is InChI=1S/C13H19N3O4/c17-11(18)8-10-12(19)14-6-7-16(10)13(20)15-9-4-2-1-3-5-9/h1-2,9-10H,3-8H2,(H,14,19)(H,15,20)(H,17,18). The third-order valence-corrected chi connectivity index (χ3v) is 3.56. The second kappa shape index (κ2) is 6.40. The molecule has 2 atom stereocenters. The van der Waals surface area contributed by atoms with Crippen LogP contribution in [-0.2, 0) is 9.59 Å². The monoisotopic (exact) mass is 281 g/mol. The average molecular weight is 281 g/mol. The number of carbonyl (C=O) groups is 3. The number of allylic oxidation sites excluding steroid dienone is 1. The van der Waals surface area contributed by atoms with Gasteiger partial charge in [0.05, 0.1) is 6.42 Å². The number of aliphatic carboxylic acids is 1. The molecule has 0 aromatic heterocycles. The molecule has 1 aliphatic carbocycles. The normalized spacial score (nSPS) is 26.0. The van der Waals surface area contributed by atoms with Crippen LogP contribution in [0.25, 0.3) is 0 Å². The maximum Gasteiger partial charge on any atom is 0.318 e. The van der Waals surface area contributed by atoms with Gasteiger partial charge >= 0.3 is 12.0 Å². The highest BCUT2D eigenvalue weighted by atomic mass is 16.4. The molecule has 0 spiro atoms. The summed E-state index contributed by atoms with van der Waals surface area (Å²) in [4.78, 5) is 36.1. The average Bonchev–Trinajstić information content (AvgIpc) is 2.41. The highest BCUT2D eigenvalue weighted by molar-refractivity contribution is 5.91. The number of carboxylic acids is 1. The third-order valence-electron chi connectivity index (χ3n) is 3.56. The van der Waals surface area contributed by atoms with E-state index in [1.807, 2.05) is 6.08 Å². The number of hydrogen-bond donors (Lipinski definition) is 3. The molecule has 1 fully saturated rings. The summed E-state index contributed by atoms with van der Waals surface area (Å²) in [6, 6.07) is -1.23. The number of nitrogens with one attached hydrogen (secondary N) is 2. The molecule has 3 N–H and O–H groups in total. The lowest BCUT2D eigenvalue weighted by Gasteiger charge is -2.35. The Morgan fingerprint density at radius 2 is 2.25 bits per heavy atom. The van der Waals surface area contributed by atoms with Crippen molar-refractivity contribution in [3.63, 3.8) is 0 Å². The maximum absolute atomic E-state index is 12.2. The lowest BCUT2D eigenvalue weighted by molar-refractivity contribution is -0.142. The van der Waals surface area contributed by atoms with Crippen LogP contribution in [0.4, 0.5) is 4.79 Å². The molecule has 0 bridgehead atoms. The van der Waals surface area contributed by atoms with Gasteiger partial charge in [-0.1, -0.05) is 12.2 Å². The van der Waals surface area contributed by atoms with Gasteiger partial charge in [-0.05, 0) is 19.3 Å². The second-order valence-electron chi connectivity index (χ2n) is 5.03. The molecule has 1 heterocycles. The van der Waals surface area contributed by atoms with Crippen LogP contribution in [0.2, 0.25) is 0 Å². The summed E-state index contributed by atoms with van der Waals surface area (Å²) in [7, 11) is 0. The van der Waals surface area contributed by atoms with Crippen molar-refractivity contribution in [3.8, 4) is 0 Å². The molecule has 2 aliphatic rings. The zero-order valence-corrected chi connectivity index (χ0v) is 11.2. The van der Waals surface area contributed by atoms with Crippen LogP contribution in [-0.4, -0.2) is 53.1 Å². The number of amides is 3. The fourth-order valence-electron chi connectivity index (χ4n) is 2.51. The molecule has 3 amide bonds. The van der Waals surface area contributed by atoms with E-state index in [0.29, 0.717) is 13.1 Å². The van der Waals surface area contributed by atoms with E-state index >= 15 is 0 Å². The van der Waals surface area contributed by atoms with Crippen molar-refractivity contribution < 1.29 is 19.5 Å². The number of carbonyl (C=O) groups excluding carboxylic acids is 2. The first-order valence-corrected chi connectivity index (χ1v) is 6.79. The number of nitrogens with zero attached hydrogens (tertiary/aromatic N) is 1. The number of hydrogen-bond acceptors (Lipinski definition) is 3. The zero-order chi connectivity index (χ0) is 14.5. The Morgan fingerprint density at radius 1 is 1.45 bits per heavy atom. The van der Waals surface area contributed by atoms with Crippen molar-refractivity contribution in [2.24, 2.45) is 0 Å². The van der Waals surface area contributed by atoms with Gasteiger partial charge in [0.2, 0.25) is 5.91 Å². The van der Waals surface area contributed by atoms with Crippen molar-refractivity contribution in [2.75, 3.05) is 13.1 Å². The fourth-order valence-corrected chi connectivity index (χ4v) is 2.51. The van der Waals surface area contributed by atoms with E-state index < -0.39 is 17.9 Å². The van der Waals surface area contributed by atoms with Gasteiger partial charge in [0.1, 0.15) is 6.04 Å². The van der Waals surface area contributed by atoms with Gasteiger partial charge in [-0.2, -0.15) is 0 Å². The van der Waals surface area contributed by atoms with E-state index in [1.54, 1.807) is 0 Å². The molecule has 0 saturated carbocycles. The smallest absolute Gasteiger partial charge is 0.318 e. The van der Waals surface area contributed by atoms with Gasteiger partial charge in [0.15, 0.2) is 0 Å². The van der Waals surface area contributed by atoms with E-state index in [2.05, 4.69) is 16.7 Å².